The lowest BCUT2D eigenvalue weighted by molar-refractivity contribution is -0.147. The molecule has 0 aliphatic carbocycles. The maximum Gasteiger partial charge on any atom is 0.311 e. The first-order valence-corrected chi connectivity index (χ1v) is 8.54. The molecule has 0 radical (unpaired) electrons. The van der Waals surface area contributed by atoms with Crippen LogP contribution in [0.25, 0.3) is 0 Å². The molecular weight excluding hydrogens is 322 g/mol. The lowest BCUT2D eigenvalue weighted by Crippen LogP contribution is -2.52. The van der Waals surface area contributed by atoms with Gasteiger partial charge in [-0.05, 0) is 31.2 Å². The fourth-order valence-electron chi connectivity index (χ4n) is 2.87. The molecule has 1 saturated heterocycles. The van der Waals surface area contributed by atoms with Gasteiger partial charge in [-0.25, -0.2) is 0 Å². The van der Waals surface area contributed by atoms with Gasteiger partial charge in [-0.1, -0.05) is 13.0 Å². The zero-order valence-corrected chi connectivity index (χ0v) is 15.4. The van der Waals surface area contributed by atoms with E-state index in [1.165, 1.54) is 0 Å². The number of carbonyl (C=O) groups is 2. The Balaban J connectivity index is 1.96. The second kappa shape index (κ2) is 8.71. The molecular formula is C18H27N3O4. The first-order chi connectivity index (χ1) is 12.0. The van der Waals surface area contributed by atoms with Crippen LogP contribution >= 0.6 is 0 Å². The standard InChI is InChI=1S/C18H27N3O4/c1-5-20-8-10-21(11-9-20)18(23)17(22)19-13(2)14-6-7-15(24-3)16(12-14)25-4/h6-7,12-13H,5,8-11H2,1-4H3,(H,19,22). The molecule has 0 bridgehead atoms. The largest absolute Gasteiger partial charge is 0.493 e. The second-order valence-corrected chi connectivity index (χ2v) is 6.04. The lowest BCUT2D eigenvalue weighted by Gasteiger charge is -2.33. The number of piperazine rings is 1. The summed E-state index contributed by atoms with van der Waals surface area (Å²) >= 11 is 0. The molecule has 1 atom stereocenters. The Morgan fingerprint density at radius 1 is 1.12 bits per heavy atom. The van der Waals surface area contributed by atoms with Crippen LogP contribution in [0.3, 0.4) is 0 Å². The molecule has 1 aliphatic rings. The van der Waals surface area contributed by atoms with E-state index in [1.807, 2.05) is 13.0 Å². The van der Waals surface area contributed by atoms with Crippen LogP contribution < -0.4 is 14.8 Å². The van der Waals surface area contributed by atoms with E-state index in [0.717, 1.165) is 25.2 Å². The number of nitrogens with zero attached hydrogens (tertiary/aromatic N) is 2. The summed E-state index contributed by atoms with van der Waals surface area (Å²) in [6.45, 7) is 7.68. The van der Waals surface area contributed by atoms with Gasteiger partial charge in [0.15, 0.2) is 11.5 Å². The molecule has 2 rings (SSSR count). The highest BCUT2D eigenvalue weighted by Gasteiger charge is 2.26. The van der Waals surface area contributed by atoms with E-state index in [-0.39, 0.29) is 6.04 Å². The maximum atomic E-state index is 12.3. The predicted molar refractivity (Wildman–Crippen MR) is 94.8 cm³/mol. The molecule has 25 heavy (non-hydrogen) atoms. The van der Waals surface area contributed by atoms with E-state index < -0.39 is 11.8 Å². The number of likely N-dealkylation sites (N-methyl/N-ethyl adjacent to an activating group) is 1. The Hall–Kier alpha value is -2.28. The van der Waals surface area contributed by atoms with Crippen molar-refractivity contribution in [2.75, 3.05) is 46.9 Å². The Morgan fingerprint density at radius 3 is 2.32 bits per heavy atom. The van der Waals surface area contributed by atoms with Gasteiger partial charge in [-0.3, -0.25) is 9.59 Å². The fraction of sp³-hybridized carbons (Fsp3) is 0.556. The number of hydrogen-bond donors (Lipinski definition) is 1. The highest BCUT2D eigenvalue weighted by molar-refractivity contribution is 6.35. The molecule has 138 valence electrons. The molecule has 0 aromatic heterocycles. The zero-order chi connectivity index (χ0) is 18.4. The van der Waals surface area contributed by atoms with Crippen molar-refractivity contribution >= 4 is 11.8 Å². The smallest absolute Gasteiger partial charge is 0.311 e. The summed E-state index contributed by atoms with van der Waals surface area (Å²) in [5.41, 5.74) is 0.842. The van der Waals surface area contributed by atoms with Crippen molar-refractivity contribution in [3.63, 3.8) is 0 Å². The molecule has 1 aliphatic heterocycles. The van der Waals surface area contributed by atoms with Gasteiger partial charge in [0.2, 0.25) is 0 Å². The van der Waals surface area contributed by atoms with Crippen LogP contribution in [-0.2, 0) is 9.59 Å². The van der Waals surface area contributed by atoms with Gasteiger partial charge in [-0.2, -0.15) is 0 Å². The van der Waals surface area contributed by atoms with E-state index in [2.05, 4.69) is 17.1 Å². The van der Waals surface area contributed by atoms with Crippen molar-refractivity contribution < 1.29 is 19.1 Å². The van der Waals surface area contributed by atoms with E-state index in [1.54, 1.807) is 31.3 Å². The predicted octanol–water partition coefficient (Wildman–Crippen LogP) is 1.05. The number of methoxy groups -OCH3 is 2. The molecule has 1 fully saturated rings. The van der Waals surface area contributed by atoms with Gasteiger partial charge in [0.1, 0.15) is 0 Å². The molecule has 0 saturated carbocycles. The number of rotatable bonds is 5. The molecule has 1 unspecified atom stereocenters. The quantitative estimate of drug-likeness (QED) is 0.805. The molecule has 1 aromatic carbocycles. The van der Waals surface area contributed by atoms with Crippen LogP contribution in [0.1, 0.15) is 25.5 Å². The van der Waals surface area contributed by atoms with E-state index in [0.29, 0.717) is 24.6 Å². The third-order valence-corrected chi connectivity index (χ3v) is 4.56. The average Bonchev–Trinajstić information content (AvgIpc) is 2.66. The third kappa shape index (κ3) is 4.63. The number of benzene rings is 1. The molecule has 7 nitrogen and oxygen atoms in total. The first kappa shape index (κ1) is 19.1. The van der Waals surface area contributed by atoms with Crippen LogP contribution in [0.2, 0.25) is 0 Å². The Kier molecular flexibility index (Phi) is 6.64. The number of carbonyl (C=O) groups excluding carboxylic acids is 2. The Labute approximate surface area is 148 Å². The van der Waals surface area contributed by atoms with Gasteiger partial charge in [0.05, 0.1) is 20.3 Å². The summed E-state index contributed by atoms with van der Waals surface area (Å²) in [5.74, 6) is 0.160. The number of ether oxygens (including phenoxy) is 2. The number of nitrogens with one attached hydrogen (secondary N) is 1. The lowest BCUT2D eigenvalue weighted by atomic mass is 10.1. The third-order valence-electron chi connectivity index (χ3n) is 4.56. The molecule has 7 heteroatoms. The first-order valence-electron chi connectivity index (χ1n) is 8.54. The summed E-state index contributed by atoms with van der Waals surface area (Å²) < 4.78 is 10.5. The summed E-state index contributed by atoms with van der Waals surface area (Å²) in [6, 6.07) is 5.11. The van der Waals surface area contributed by atoms with Gasteiger partial charge >= 0.3 is 11.8 Å². The van der Waals surface area contributed by atoms with Gasteiger partial charge in [-0.15, -0.1) is 0 Å². The van der Waals surface area contributed by atoms with Crippen LogP contribution in [0.4, 0.5) is 0 Å². The van der Waals surface area contributed by atoms with Gasteiger partial charge in [0.25, 0.3) is 0 Å². The van der Waals surface area contributed by atoms with Crippen molar-refractivity contribution in [3.8, 4) is 11.5 Å². The van der Waals surface area contributed by atoms with Crippen molar-refractivity contribution in [2.24, 2.45) is 0 Å². The fourth-order valence-corrected chi connectivity index (χ4v) is 2.87. The highest BCUT2D eigenvalue weighted by atomic mass is 16.5. The summed E-state index contributed by atoms with van der Waals surface area (Å²) in [6.07, 6.45) is 0. The van der Waals surface area contributed by atoms with Crippen molar-refractivity contribution in [3.05, 3.63) is 23.8 Å². The summed E-state index contributed by atoms with van der Waals surface area (Å²) in [7, 11) is 3.13. The minimum Gasteiger partial charge on any atom is -0.493 e. The van der Waals surface area contributed by atoms with Crippen LogP contribution in [0.5, 0.6) is 11.5 Å². The highest BCUT2D eigenvalue weighted by Crippen LogP contribution is 2.29. The average molecular weight is 349 g/mol. The number of amides is 2. The zero-order valence-electron chi connectivity index (χ0n) is 15.4. The van der Waals surface area contributed by atoms with E-state index in [9.17, 15) is 9.59 Å². The van der Waals surface area contributed by atoms with Crippen molar-refractivity contribution in [2.45, 2.75) is 19.9 Å². The Bertz CT molecular complexity index is 612. The van der Waals surface area contributed by atoms with E-state index in [4.69, 9.17) is 9.47 Å². The number of hydrogen-bond acceptors (Lipinski definition) is 5. The van der Waals surface area contributed by atoms with Gasteiger partial charge < -0.3 is 24.6 Å². The monoisotopic (exact) mass is 349 g/mol. The molecule has 1 N–H and O–H groups in total. The Morgan fingerprint density at radius 2 is 1.76 bits per heavy atom. The second-order valence-electron chi connectivity index (χ2n) is 6.04. The maximum absolute atomic E-state index is 12.3. The topological polar surface area (TPSA) is 71.1 Å². The van der Waals surface area contributed by atoms with Crippen molar-refractivity contribution in [1.29, 1.82) is 0 Å². The van der Waals surface area contributed by atoms with Crippen LogP contribution in [-0.4, -0.2) is 68.6 Å². The molecule has 2 amide bonds. The molecule has 0 spiro atoms. The normalized spacial score (nSPS) is 16.2. The van der Waals surface area contributed by atoms with E-state index >= 15 is 0 Å². The minimum atomic E-state index is -0.577. The summed E-state index contributed by atoms with van der Waals surface area (Å²) in [4.78, 5) is 28.5. The SMILES string of the molecule is CCN1CCN(C(=O)C(=O)NC(C)c2ccc(OC)c(OC)c2)CC1. The molecule has 1 aromatic rings. The van der Waals surface area contributed by atoms with Crippen molar-refractivity contribution in [1.82, 2.24) is 15.1 Å². The van der Waals surface area contributed by atoms with Gasteiger partial charge in [0, 0.05) is 26.2 Å². The minimum absolute atomic E-state index is 0.312. The van der Waals surface area contributed by atoms with Crippen LogP contribution in [0, 0.1) is 0 Å². The van der Waals surface area contributed by atoms with Crippen LogP contribution in [0.15, 0.2) is 18.2 Å². The summed E-state index contributed by atoms with van der Waals surface area (Å²) in [5, 5.41) is 2.77. The molecule has 1 heterocycles.